The predicted molar refractivity (Wildman–Crippen MR) is 149 cm³/mol. The van der Waals surface area contributed by atoms with E-state index in [1.807, 2.05) is 18.2 Å². The summed E-state index contributed by atoms with van der Waals surface area (Å²) < 4.78 is 5.83. The Morgan fingerprint density at radius 2 is 1.45 bits per heavy atom. The number of hydrogen-bond acceptors (Lipinski definition) is 6. The minimum atomic E-state index is -0.764. The first-order valence-corrected chi connectivity index (χ1v) is 13.7. The van der Waals surface area contributed by atoms with E-state index in [1.54, 1.807) is 24.3 Å². The van der Waals surface area contributed by atoms with Crippen LogP contribution in [0.15, 0.2) is 83.3 Å². The van der Waals surface area contributed by atoms with Crippen LogP contribution in [0.4, 0.5) is 5.69 Å². The number of nitrogens with zero attached hydrogens (tertiary/aromatic N) is 1. The number of imide groups is 1. The van der Waals surface area contributed by atoms with E-state index in [-0.39, 0.29) is 35.1 Å². The second kappa shape index (κ2) is 11.8. The number of ether oxygens (including phenoxy) is 1. The van der Waals surface area contributed by atoms with Crippen molar-refractivity contribution in [2.24, 2.45) is 11.8 Å². The summed E-state index contributed by atoms with van der Waals surface area (Å²) in [6.07, 6.45) is 2.14. The normalized spacial score (nSPS) is 20.0. The van der Waals surface area contributed by atoms with E-state index in [4.69, 9.17) is 4.74 Å². The van der Waals surface area contributed by atoms with Gasteiger partial charge < -0.3 is 4.74 Å². The quantitative estimate of drug-likeness (QED) is 0.248. The fourth-order valence-electron chi connectivity index (χ4n) is 5.26. The van der Waals surface area contributed by atoms with Crippen molar-refractivity contribution in [2.45, 2.75) is 25.2 Å². The lowest BCUT2D eigenvalue weighted by Gasteiger charge is -2.28. The number of rotatable bonds is 6. The van der Waals surface area contributed by atoms with Gasteiger partial charge in [-0.15, -0.1) is 0 Å². The molecule has 1 saturated heterocycles. The van der Waals surface area contributed by atoms with Crippen molar-refractivity contribution in [3.8, 4) is 0 Å². The molecule has 1 aliphatic heterocycles. The number of anilines is 1. The Balaban J connectivity index is 1.14. The van der Waals surface area contributed by atoms with Gasteiger partial charge >= 0.3 is 5.97 Å². The number of hydrazine groups is 1. The molecule has 3 atom stereocenters. The van der Waals surface area contributed by atoms with Crippen LogP contribution in [0, 0.1) is 11.8 Å². The number of carbonyl (C=O) groups excluding carboxylic acids is 5. The van der Waals surface area contributed by atoms with E-state index in [2.05, 4.69) is 38.9 Å². The third-order valence-corrected chi connectivity index (χ3v) is 7.84. The minimum absolute atomic E-state index is 0.149. The largest absolute Gasteiger partial charge is 0.452 e. The zero-order valence-corrected chi connectivity index (χ0v) is 22.9. The van der Waals surface area contributed by atoms with E-state index in [9.17, 15) is 24.0 Å². The summed E-state index contributed by atoms with van der Waals surface area (Å²) in [6, 6.07) is 22.5. The third-order valence-electron chi connectivity index (χ3n) is 7.31. The van der Waals surface area contributed by atoms with Crippen LogP contribution in [-0.4, -0.2) is 36.2 Å². The number of esters is 1. The zero-order valence-electron chi connectivity index (χ0n) is 21.3. The number of carbonyl (C=O) groups is 5. The Kier molecular flexibility index (Phi) is 8.06. The fourth-order valence-corrected chi connectivity index (χ4v) is 5.52. The van der Waals surface area contributed by atoms with Crippen LogP contribution in [0.5, 0.6) is 0 Å². The molecule has 3 aromatic carbocycles. The van der Waals surface area contributed by atoms with Crippen LogP contribution >= 0.6 is 15.9 Å². The van der Waals surface area contributed by atoms with Gasteiger partial charge in [-0.3, -0.25) is 34.9 Å². The fraction of sp³-hybridized carbons (Fsp3) is 0.233. The highest BCUT2D eigenvalue weighted by atomic mass is 79.9. The molecule has 2 fully saturated rings. The number of nitrogens with one attached hydrogen (secondary N) is 2. The molecule has 9 nitrogen and oxygen atoms in total. The Bertz CT molecular complexity index is 1440. The predicted octanol–water partition coefficient (Wildman–Crippen LogP) is 4.14. The molecule has 40 heavy (non-hydrogen) atoms. The number of hydrogen-bond donors (Lipinski definition) is 2. The second-order valence-corrected chi connectivity index (χ2v) is 10.7. The topological polar surface area (TPSA) is 122 Å². The van der Waals surface area contributed by atoms with Crippen LogP contribution < -0.4 is 15.8 Å². The summed E-state index contributed by atoms with van der Waals surface area (Å²) in [7, 11) is 0. The molecular formula is C30H26BrN3O6. The summed E-state index contributed by atoms with van der Waals surface area (Å²) >= 11 is 3.28. The summed E-state index contributed by atoms with van der Waals surface area (Å²) in [6.45, 7) is -0.615. The molecule has 5 rings (SSSR count). The van der Waals surface area contributed by atoms with Gasteiger partial charge in [0.2, 0.25) is 11.8 Å². The van der Waals surface area contributed by atoms with Crippen molar-refractivity contribution >= 4 is 51.2 Å². The molecule has 1 aliphatic carbocycles. The van der Waals surface area contributed by atoms with E-state index < -0.39 is 24.4 Å². The minimum Gasteiger partial charge on any atom is -0.452 e. The maximum Gasteiger partial charge on any atom is 0.338 e. The highest BCUT2D eigenvalue weighted by Crippen LogP contribution is 2.45. The average Bonchev–Trinajstić information content (AvgIpc) is 3.24. The van der Waals surface area contributed by atoms with Crippen molar-refractivity contribution in [3.05, 3.63) is 100 Å². The van der Waals surface area contributed by atoms with Crippen molar-refractivity contribution in [3.63, 3.8) is 0 Å². The van der Waals surface area contributed by atoms with Gasteiger partial charge in [-0.1, -0.05) is 46.3 Å². The zero-order chi connectivity index (χ0) is 28.2. The monoisotopic (exact) mass is 603 g/mol. The average molecular weight is 604 g/mol. The van der Waals surface area contributed by atoms with Crippen LogP contribution in [-0.2, 0) is 19.1 Å². The van der Waals surface area contributed by atoms with E-state index in [0.717, 1.165) is 10.9 Å². The van der Waals surface area contributed by atoms with Crippen molar-refractivity contribution in [1.29, 1.82) is 0 Å². The molecule has 0 radical (unpaired) electrons. The lowest BCUT2D eigenvalue weighted by Crippen LogP contribution is -2.43. The summed E-state index contributed by atoms with van der Waals surface area (Å²) in [4.78, 5) is 64.2. The van der Waals surface area contributed by atoms with Crippen LogP contribution in [0.1, 0.15) is 51.5 Å². The first-order chi connectivity index (χ1) is 19.3. The molecule has 0 bridgehead atoms. The molecule has 0 unspecified atom stereocenters. The van der Waals surface area contributed by atoms with E-state index in [0.29, 0.717) is 24.1 Å². The molecule has 1 saturated carbocycles. The molecule has 2 aliphatic rings. The first kappa shape index (κ1) is 27.3. The van der Waals surface area contributed by atoms with Gasteiger partial charge in [-0.05, 0) is 79.3 Å². The Labute approximate surface area is 239 Å². The van der Waals surface area contributed by atoms with Gasteiger partial charge in [0, 0.05) is 10.0 Å². The van der Waals surface area contributed by atoms with Gasteiger partial charge in [0.25, 0.3) is 11.8 Å². The van der Waals surface area contributed by atoms with E-state index >= 15 is 0 Å². The smallest absolute Gasteiger partial charge is 0.338 e. The second-order valence-electron chi connectivity index (χ2n) is 9.78. The van der Waals surface area contributed by atoms with Crippen LogP contribution in [0.3, 0.4) is 0 Å². The standard InChI is InChI=1S/C30H26BrN3O6/c31-22-11-6-19(7-12-22)27(36)33-32-26(35)17-40-30(39)20-8-13-23(14-9-20)34-28(37)24-15-10-21(16-25(24)29(34)38)18-4-2-1-3-5-18/h1-9,11-14,21,24-25H,10,15-17H2,(H,32,35)(H,33,36)/t21-,24-,25-/m1/s1. The third kappa shape index (κ3) is 5.81. The highest BCUT2D eigenvalue weighted by Gasteiger charge is 2.50. The Morgan fingerprint density at radius 1 is 0.800 bits per heavy atom. The van der Waals surface area contributed by atoms with Gasteiger partial charge in [-0.25, -0.2) is 4.79 Å². The molecular weight excluding hydrogens is 578 g/mol. The lowest BCUT2D eigenvalue weighted by molar-refractivity contribution is -0.125. The molecule has 0 spiro atoms. The Morgan fingerprint density at radius 3 is 2.15 bits per heavy atom. The van der Waals surface area contributed by atoms with Gasteiger partial charge in [-0.2, -0.15) is 0 Å². The molecule has 4 amide bonds. The van der Waals surface area contributed by atoms with Crippen molar-refractivity contribution in [2.75, 3.05) is 11.5 Å². The molecule has 3 aromatic rings. The van der Waals surface area contributed by atoms with Crippen molar-refractivity contribution in [1.82, 2.24) is 10.9 Å². The SMILES string of the molecule is O=C(COC(=O)c1ccc(N2C(=O)[C@@H]3CC[C@@H](c4ccccc4)C[C@H]3C2=O)cc1)NNC(=O)c1ccc(Br)cc1. The summed E-state index contributed by atoms with van der Waals surface area (Å²) in [5, 5.41) is 0. The summed E-state index contributed by atoms with van der Waals surface area (Å²) in [5.41, 5.74) is 6.50. The molecule has 0 aromatic heterocycles. The number of benzene rings is 3. The van der Waals surface area contributed by atoms with E-state index in [1.165, 1.54) is 34.7 Å². The van der Waals surface area contributed by atoms with Crippen molar-refractivity contribution < 1.29 is 28.7 Å². The van der Waals surface area contributed by atoms with Crippen LogP contribution in [0.25, 0.3) is 0 Å². The number of fused-ring (bicyclic) bond motifs is 1. The lowest BCUT2D eigenvalue weighted by atomic mass is 9.73. The number of halogens is 1. The first-order valence-electron chi connectivity index (χ1n) is 12.9. The molecule has 10 heteroatoms. The van der Waals surface area contributed by atoms with Crippen LogP contribution in [0.2, 0.25) is 0 Å². The molecule has 1 heterocycles. The molecule has 204 valence electrons. The van der Waals surface area contributed by atoms with Gasteiger partial charge in [0.05, 0.1) is 23.1 Å². The maximum atomic E-state index is 13.3. The van der Waals surface area contributed by atoms with Gasteiger partial charge in [0.15, 0.2) is 6.61 Å². The maximum absolute atomic E-state index is 13.3. The van der Waals surface area contributed by atoms with Gasteiger partial charge in [0.1, 0.15) is 0 Å². The highest BCUT2D eigenvalue weighted by molar-refractivity contribution is 9.10. The molecule has 2 N–H and O–H groups in total. The Hall–Kier alpha value is -4.31. The summed E-state index contributed by atoms with van der Waals surface area (Å²) in [5.74, 6) is -2.89. The number of amides is 4.